The SMILES string of the molecule is c1ccc([Si](c2ccccc2)(c2ccccc2)c2ccc(-n3c4ccccc4c4c(-n5c6ccccc6c6cccc(-c7cccc8oc9ccccc9c78)c65)cccc43)cc2)cc1. The Morgan fingerprint density at radius 2 is 0.781 bits per heavy atom. The lowest BCUT2D eigenvalue weighted by Gasteiger charge is -2.34. The van der Waals surface area contributed by atoms with Gasteiger partial charge in [0.25, 0.3) is 0 Å². The average Bonchev–Trinajstić information content (AvgIpc) is 4.04. The van der Waals surface area contributed by atoms with E-state index in [0.717, 1.165) is 44.4 Å². The minimum atomic E-state index is -2.69. The highest BCUT2D eigenvalue weighted by Crippen LogP contribution is 2.45. The van der Waals surface area contributed by atoms with E-state index >= 15 is 0 Å². The molecule has 0 amide bonds. The van der Waals surface area contributed by atoms with Crippen molar-refractivity contribution in [2.24, 2.45) is 0 Å². The van der Waals surface area contributed by atoms with Crippen molar-refractivity contribution in [1.82, 2.24) is 9.13 Å². The highest BCUT2D eigenvalue weighted by Gasteiger charge is 2.41. The van der Waals surface area contributed by atoms with Gasteiger partial charge in [0, 0.05) is 43.6 Å². The van der Waals surface area contributed by atoms with Crippen molar-refractivity contribution in [2.45, 2.75) is 0 Å². The molecule has 13 aromatic rings. The maximum absolute atomic E-state index is 6.44. The Labute approximate surface area is 371 Å². The van der Waals surface area contributed by atoms with Gasteiger partial charge in [-0.2, -0.15) is 0 Å². The average molecular weight is 833 g/mol. The monoisotopic (exact) mass is 832 g/mol. The summed E-state index contributed by atoms with van der Waals surface area (Å²) in [4.78, 5) is 0. The summed E-state index contributed by atoms with van der Waals surface area (Å²) in [7, 11) is -2.69. The number of benzene rings is 10. The zero-order valence-corrected chi connectivity index (χ0v) is 35.9. The summed E-state index contributed by atoms with van der Waals surface area (Å²) in [6.45, 7) is 0. The normalized spacial score (nSPS) is 12.1. The molecule has 3 aromatic heterocycles. The van der Waals surface area contributed by atoms with Crippen molar-refractivity contribution < 1.29 is 4.42 Å². The molecule has 300 valence electrons. The van der Waals surface area contributed by atoms with Crippen LogP contribution in [0.15, 0.2) is 247 Å². The van der Waals surface area contributed by atoms with Gasteiger partial charge in [0.1, 0.15) is 11.2 Å². The zero-order valence-electron chi connectivity index (χ0n) is 34.9. The van der Waals surface area contributed by atoms with Crippen LogP contribution in [0, 0.1) is 0 Å². The predicted octanol–water partition coefficient (Wildman–Crippen LogP) is 12.8. The largest absolute Gasteiger partial charge is 0.456 e. The van der Waals surface area contributed by atoms with E-state index in [1.165, 1.54) is 64.4 Å². The van der Waals surface area contributed by atoms with Gasteiger partial charge in [-0.3, -0.25) is 0 Å². The zero-order chi connectivity index (χ0) is 42.2. The molecule has 0 saturated carbocycles. The molecular weight excluding hydrogens is 793 g/mol. The maximum Gasteiger partial charge on any atom is 0.179 e. The molecule has 0 saturated heterocycles. The van der Waals surface area contributed by atoms with Crippen LogP contribution >= 0.6 is 0 Å². The molecule has 0 N–H and O–H groups in total. The van der Waals surface area contributed by atoms with Crippen LogP contribution in [0.25, 0.3) is 88.1 Å². The Morgan fingerprint density at radius 1 is 0.297 bits per heavy atom. The van der Waals surface area contributed by atoms with Crippen molar-refractivity contribution in [1.29, 1.82) is 0 Å². The Hall–Kier alpha value is -8.18. The second-order valence-electron chi connectivity index (χ2n) is 16.8. The minimum absolute atomic E-state index is 0.894. The van der Waals surface area contributed by atoms with Crippen LogP contribution in [-0.4, -0.2) is 17.2 Å². The molecule has 4 heteroatoms. The molecule has 3 heterocycles. The molecular formula is C60H40N2OSi. The van der Waals surface area contributed by atoms with E-state index in [1.807, 2.05) is 6.07 Å². The molecule has 0 aliphatic carbocycles. The van der Waals surface area contributed by atoms with E-state index in [4.69, 9.17) is 4.42 Å². The van der Waals surface area contributed by atoms with Gasteiger partial charge in [0.2, 0.25) is 0 Å². The summed E-state index contributed by atoms with van der Waals surface area (Å²) < 4.78 is 11.4. The summed E-state index contributed by atoms with van der Waals surface area (Å²) >= 11 is 0. The third kappa shape index (κ3) is 5.27. The molecule has 0 radical (unpaired) electrons. The Balaban J connectivity index is 1.06. The first-order valence-electron chi connectivity index (χ1n) is 22.0. The molecule has 0 fully saturated rings. The Bertz CT molecular complexity index is 3790. The number of para-hydroxylation sites is 4. The van der Waals surface area contributed by atoms with Crippen LogP contribution in [0.5, 0.6) is 0 Å². The second-order valence-corrected chi connectivity index (χ2v) is 20.6. The number of furan rings is 1. The molecule has 10 aromatic carbocycles. The fourth-order valence-electron chi connectivity index (χ4n) is 10.9. The lowest BCUT2D eigenvalue weighted by atomic mass is 9.97. The highest BCUT2D eigenvalue weighted by molar-refractivity contribution is 7.19. The molecule has 0 aliphatic rings. The van der Waals surface area contributed by atoms with Gasteiger partial charge in [-0.25, -0.2) is 0 Å². The van der Waals surface area contributed by atoms with Crippen LogP contribution < -0.4 is 20.7 Å². The van der Waals surface area contributed by atoms with Gasteiger partial charge in [-0.15, -0.1) is 0 Å². The lowest BCUT2D eigenvalue weighted by molar-refractivity contribution is 0.669. The van der Waals surface area contributed by atoms with Crippen LogP contribution in [0.3, 0.4) is 0 Å². The Kier molecular flexibility index (Phi) is 8.23. The molecule has 0 aliphatic heterocycles. The molecule has 0 spiro atoms. The first-order valence-corrected chi connectivity index (χ1v) is 24.0. The number of fused-ring (bicyclic) bond motifs is 9. The van der Waals surface area contributed by atoms with E-state index in [9.17, 15) is 0 Å². The van der Waals surface area contributed by atoms with Gasteiger partial charge in [0.05, 0.1) is 27.8 Å². The molecule has 0 unspecified atom stereocenters. The number of aromatic nitrogens is 2. The highest BCUT2D eigenvalue weighted by atomic mass is 28.3. The maximum atomic E-state index is 6.44. The molecule has 64 heavy (non-hydrogen) atoms. The van der Waals surface area contributed by atoms with Gasteiger partial charge in [-0.05, 0) is 74.8 Å². The van der Waals surface area contributed by atoms with Crippen LogP contribution in [0.4, 0.5) is 0 Å². The van der Waals surface area contributed by atoms with Crippen LogP contribution in [0.2, 0.25) is 0 Å². The molecule has 13 rings (SSSR count). The Morgan fingerprint density at radius 3 is 1.47 bits per heavy atom. The van der Waals surface area contributed by atoms with E-state index in [1.54, 1.807) is 0 Å². The van der Waals surface area contributed by atoms with E-state index < -0.39 is 8.07 Å². The van der Waals surface area contributed by atoms with Crippen molar-refractivity contribution in [3.63, 3.8) is 0 Å². The van der Waals surface area contributed by atoms with Gasteiger partial charge in [-0.1, -0.05) is 194 Å². The number of rotatable bonds is 7. The first-order chi connectivity index (χ1) is 31.8. The first kappa shape index (κ1) is 36.5. The third-order valence-electron chi connectivity index (χ3n) is 13.5. The van der Waals surface area contributed by atoms with E-state index in [0.29, 0.717) is 0 Å². The minimum Gasteiger partial charge on any atom is -0.456 e. The number of nitrogens with zero attached hydrogens (tertiary/aromatic N) is 2. The summed E-state index contributed by atoms with van der Waals surface area (Å²) in [5, 5.41) is 12.6. The van der Waals surface area contributed by atoms with Crippen molar-refractivity contribution in [3.05, 3.63) is 243 Å². The quantitative estimate of drug-likeness (QED) is 0.116. The smallest absolute Gasteiger partial charge is 0.179 e. The van der Waals surface area contributed by atoms with Gasteiger partial charge >= 0.3 is 0 Å². The van der Waals surface area contributed by atoms with E-state index in [2.05, 4.69) is 246 Å². The number of hydrogen-bond donors (Lipinski definition) is 0. The van der Waals surface area contributed by atoms with E-state index in [-0.39, 0.29) is 0 Å². The topological polar surface area (TPSA) is 23.0 Å². The predicted molar refractivity (Wildman–Crippen MR) is 271 cm³/mol. The van der Waals surface area contributed by atoms with Crippen LogP contribution in [-0.2, 0) is 0 Å². The fourth-order valence-corrected chi connectivity index (χ4v) is 15.6. The van der Waals surface area contributed by atoms with Crippen molar-refractivity contribution >= 4 is 94.4 Å². The molecule has 0 atom stereocenters. The fraction of sp³-hybridized carbons (Fsp3) is 0. The van der Waals surface area contributed by atoms with Crippen LogP contribution in [0.1, 0.15) is 0 Å². The summed E-state index contributed by atoms with van der Waals surface area (Å²) in [6.07, 6.45) is 0. The molecule has 0 bridgehead atoms. The van der Waals surface area contributed by atoms with Gasteiger partial charge < -0.3 is 13.6 Å². The third-order valence-corrected chi connectivity index (χ3v) is 18.3. The van der Waals surface area contributed by atoms with Gasteiger partial charge in [0.15, 0.2) is 8.07 Å². The summed E-state index contributed by atoms with van der Waals surface area (Å²) in [5.41, 5.74) is 11.1. The van der Waals surface area contributed by atoms with Crippen molar-refractivity contribution in [3.8, 4) is 22.5 Å². The van der Waals surface area contributed by atoms with Crippen molar-refractivity contribution in [2.75, 3.05) is 0 Å². The second kappa shape index (κ2) is 14.5. The summed E-state index contributed by atoms with van der Waals surface area (Å²) in [5.74, 6) is 0. The summed E-state index contributed by atoms with van der Waals surface area (Å²) in [6, 6.07) is 89.1. The standard InChI is InChI=1S/C60H40N2OSi/c1-4-19-42(20-5-1)64(43-21-6-2-7-22-43,44-23-8-3-9-24-44)45-39-37-41(38-40-45)61-53-32-14-11-26-50(53)59-54(61)33-18-34-55(59)62-52-31-13-10-25-46(52)48-29-16-30-49(60(48)62)47-28-17-36-57-58(47)51-27-12-15-35-56(51)63-57/h1-40H. The lowest BCUT2D eigenvalue weighted by Crippen LogP contribution is -2.74. The molecule has 3 nitrogen and oxygen atoms in total. The number of hydrogen-bond acceptors (Lipinski definition) is 1.